The van der Waals surface area contributed by atoms with Crippen molar-refractivity contribution >= 4 is 5.52 Å². The molecule has 0 atom stereocenters. The Kier molecular flexibility index (Phi) is 2.50. The van der Waals surface area contributed by atoms with Gasteiger partial charge in [-0.25, -0.2) is 4.52 Å². The Morgan fingerprint density at radius 3 is 3.07 bits per heavy atom. The summed E-state index contributed by atoms with van der Waals surface area (Å²) in [4.78, 5) is 0. The van der Waals surface area contributed by atoms with Crippen molar-refractivity contribution in [2.45, 2.75) is 13.3 Å². The first kappa shape index (κ1) is 9.21. The fraction of sp³-hybridized carbons (Fsp3) is 0.364. The molecule has 0 amide bonds. The lowest BCUT2D eigenvalue weighted by Crippen LogP contribution is -2.10. The van der Waals surface area contributed by atoms with Gasteiger partial charge in [0.15, 0.2) is 0 Å². The van der Waals surface area contributed by atoms with Gasteiger partial charge in [0.1, 0.15) is 0 Å². The fourth-order valence-corrected chi connectivity index (χ4v) is 1.52. The Morgan fingerprint density at radius 1 is 1.43 bits per heavy atom. The first-order valence-corrected chi connectivity index (χ1v) is 4.89. The van der Waals surface area contributed by atoms with Gasteiger partial charge in [-0.05, 0) is 31.7 Å². The van der Waals surface area contributed by atoms with E-state index in [0.29, 0.717) is 0 Å². The van der Waals surface area contributed by atoms with E-state index in [1.807, 2.05) is 11.6 Å². The molecule has 0 saturated carbocycles. The summed E-state index contributed by atoms with van der Waals surface area (Å²) in [5.74, 6) is 0. The quantitative estimate of drug-likeness (QED) is 0.791. The molecule has 0 aromatic carbocycles. The van der Waals surface area contributed by atoms with Crippen LogP contribution in [0.2, 0.25) is 0 Å². The van der Waals surface area contributed by atoms with Gasteiger partial charge < -0.3 is 5.32 Å². The number of nitrogens with zero attached hydrogens (tertiary/aromatic N) is 2. The summed E-state index contributed by atoms with van der Waals surface area (Å²) < 4.78 is 1.94. The zero-order valence-corrected chi connectivity index (χ0v) is 8.62. The van der Waals surface area contributed by atoms with Gasteiger partial charge in [-0.15, -0.1) is 0 Å². The average molecular weight is 189 g/mol. The van der Waals surface area contributed by atoms with Crippen LogP contribution in [0.15, 0.2) is 24.4 Å². The first-order chi connectivity index (χ1) is 6.79. The van der Waals surface area contributed by atoms with Crippen LogP contribution in [0.4, 0.5) is 0 Å². The second-order valence-electron chi connectivity index (χ2n) is 3.57. The lowest BCUT2D eigenvalue weighted by Gasteiger charge is -1.94. The molecule has 14 heavy (non-hydrogen) atoms. The minimum atomic E-state index is 0.975. The SMILES string of the molecule is CNCCc1cc2ccc(C)cn2n1. The highest BCUT2D eigenvalue weighted by atomic mass is 15.2. The maximum absolute atomic E-state index is 4.49. The Hall–Kier alpha value is -1.35. The van der Waals surface area contributed by atoms with Crippen molar-refractivity contribution < 1.29 is 0 Å². The highest BCUT2D eigenvalue weighted by Crippen LogP contribution is 2.08. The van der Waals surface area contributed by atoms with Crippen LogP contribution < -0.4 is 5.32 Å². The molecule has 2 aromatic heterocycles. The molecule has 0 spiro atoms. The Morgan fingerprint density at radius 2 is 2.29 bits per heavy atom. The Balaban J connectivity index is 2.32. The molecule has 0 aliphatic rings. The second kappa shape index (κ2) is 3.80. The van der Waals surface area contributed by atoms with E-state index in [0.717, 1.165) is 18.7 Å². The van der Waals surface area contributed by atoms with Crippen molar-refractivity contribution in [3.8, 4) is 0 Å². The van der Waals surface area contributed by atoms with Crippen LogP contribution in [0.3, 0.4) is 0 Å². The van der Waals surface area contributed by atoms with E-state index >= 15 is 0 Å². The third-order valence-corrected chi connectivity index (χ3v) is 2.29. The van der Waals surface area contributed by atoms with Crippen molar-refractivity contribution in [1.82, 2.24) is 14.9 Å². The van der Waals surface area contributed by atoms with Gasteiger partial charge in [-0.3, -0.25) is 0 Å². The first-order valence-electron chi connectivity index (χ1n) is 4.89. The van der Waals surface area contributed by atoms with Gasteiger partial charge in [0.05, 0.1) is 11.2 Å². The Labute approximate surface area is 83.7 Å². The minimum Gasteiger partial charge on any atom is -0.319 e. The third-order valence-electron chi connectivity index (χ3n) is 2.29. The van der Waals surface area contributed by atoms with Crippen molar-refractivity contribution in [2.75, 3.05) is 13.6 Å². The highest BCUT2D eigenvalue weighted by molar-refractivity contribution is 5.48. The predicted molar refractivity (Wildman–Crippen MR) is 57.6 cm³/mol. The predicted octanol–water partition coefficient (Wildman–Crippen LogP) is 1.40. The van der Waals surface area contributed by atoms with Crippen LogP contribution in [-0.4, -0.2) is 23.2 Å². The summed E-state index contributed by atoms with van der Waals surface area (Å²) in [5.41, 5.74) is 3.55. The maximum atomic E-state index is 4.49. The zero-order valence-electron chi connectivity index (χ0n) is 8.62. The lowest BCUT2D eigenvalue weighted by molar-refractivity contribution is 0.763. The second-order valence-corrected chi connectivity index (χ2v) is 3.57. The van der Waals surface area contributed by atoms with Gasteiger partial charge >= 0.3 is 0 Å². The molecule has 74 valence electrons. The fourth-order valence-electron chi connectivity index (χ4n) is 1.52. The van der Waals surface area contributed by atoms with Crippen LogP contribution in [0, 0.1) is 6.92 Å². The normalized spacial score (nSPS) is 11.0. The molecule has 2 aromatic rings. The number of aromatic nitrogens is 2. The number of rotatable bonds is 3. The maximum Gasteiger partial charge on any atom is 0.0664 e. The van der Waals surface area contributed by atoms with Crippen molar-refractivity contribution in [3.05, 3.63) is 35.7 Å². The molecule has 0 radical (unpaired) electrons. The largest absolute Gasteiger partial charge is 0.319 e. The van der Waals surface area contributed by atoms with E-state index < -0.39 is 0 Å². The van der Waals surface area contributed by atoms with Gasteiger partial charge in [0.25, 0.3) is 0 Å². The van der Waals surface area contributed by atoms with E-state index in [2.05, 4.69) is 41.7 Å². The monoisotopic (exact) mass is 189 g/mol. The number of fused-ring (bicyclic) bond motifs is 1. The number of pyridine rings is 1. The summed E-state index contributed by atoms with van der Waals surface area (Å²) in [6.45, 7) is 3.05. The molecule has 0 saturated heterocycles. The molecule has 3 nitrogen and oxygen atoms in total. The number of aryl methyl sites for hydroxylation is 1. The molecule has 2 heterocycles. The third kappa shape index (κ3) is 1.77. The molecule has 2 rings (SSSR count). The van der Waals surface area contributed by atoms with E-state index in [9.17, 15) is 0 Å². The summed E-state index contributed by atoms with van der Waals surface area (Å²) in [6, 6.07) is 6.35. The molecule has 0 aliphatic carbocycles. The van der Waals surface area contributed by atoms with Crippen LogP contribution in [0.1, 0.15) is 11.3 Å². The van der Waals surface area contributed by atoms with Gasteiger partial charge in [-0.1, -0.05) is 6.07 Å². The average Bonchev–Trinajstić information content (AvgIpc) is 2.56. The molecular weight excluding hydrogens is 174 g/mol. The van der Waals surface area contributed by atoms with E-state index in [1.54, 1.807) is 0 Å². The number of likely N-dealkylation sites (N-methyl/N-ethyl adjacent to an activating group) is 1. The van der Waals surface area contributed by atoms with E-state index in [1.165, 1.54) is 11.1 Å². The van der Waals surface area contributed by atoms with Crippen LogP contribution in [0.25, 0.3) is 5.52 Å². The lowest BCUT2D eigenvalue weighted by atomic mass is 10.2. The Bertz CT molecular complexity index is 431. The molecular formula is C11H15N3. The van der Waals surface area contributed by atoms with Crippen molar-refractivity contribution in [1.29, 1.82) is 0 Å². The molecule has 0 unspecified atom stereocenters. The summed E-state index contributed by atoms with van der Waals surface area (Å²) in [7, 11) is 1.96. The number of nitrogens with one attached hydrogen (secondary N) is 1. The summed E-state index contributed by atoms with van der Waals surface area (Å²) in [5, 5.41) is 7.61. The van der Waals surface area contributed by atoms with E-state index in [-0.39, 0.29) is 0 Å². The molecule has 0 aliphatic heterocycles. The van der Waals surface area contributed by atoms with Crippen LogP contribution >= 0.6 is 0 Å². The van der Waals surface area contributed by atoms with E-state index in [4.69, 9.17) is 0 Å². The standard InChI is InChI=1S/C11H15N3/c1-9-3-4-11-7-10(5-6-12-2)13-14(11)8-9/h3-4,7-8,12H,5-6H2,1-2H3. The smallest absolute Gasteiger partial charge is 0.0664 e. The van der Waals surface area contributed by atoms with Crippen molar-refractivity contribution in [2.24, 2.45) is 0 Å². The molecule has 0 bridgehead atoms. The van der Waals surface area contributed by atoms with Gasteiger partial charge in [-0.2, -0.15) is 5.10 Å². The number of hydrogen-bond acceptors (Lipinski definition) is 2. The summed E-state index contributed by atoms with van der Waals surface area (Å²) >= 11 is 0. The van der Waals surface area contributed by atoms with Crippen LogP contribution in [-0.2, 0) is 6.42 Å². The minimum absolute atomic E-state index is 0.975. The topological polar surface area (TPSA) is 29.3 Å². The molecule has 3 heteroatoms. The van der Waals surface area contributed by atoms with Crippen LogP contribution in [0.5, 0.6) is 0 Å². The van der Waals surface area contributed by atoms with Crippen molar-refractivity contribution in [3.63, 3.8) is 0 Å². The van der Waals surface area contributed by atoms with Gasteiger partial charge in [0, 0.05) is 19.2 Å². The number of hydrogen-bond donors (Lipinski definition) is 1. The molecule has 1 N–H and O–H groups in total. The highest BCUT2D eigenvalue weighted by Gasteiger charge is 2.00. The van der Waals surface area contributed by atoms with Gasteiger partial charge in [0.2, 0.25) is 0 Å². The summed E-state index contributed by atoms with van der Waals surface area (Å²) in [6.07, 6.45) is 3.04. The zero-order chi connectivity index (χ0) is 9.97. The molecule has 0 fully saturated rings.